The quantitative estimate of drug-likeness (QED) is 0.792. The van der Waals surface area contributed by atoms with Gasteiger partial charge in [-0.05, 0) is 18.6 Å². The van der Waals surface area contributed by atoms with Crippen LogP contribution in [0, 0.1) is 0 Å². The molecule has 1 aromatic rings. The van der Waals surface area contributed by atoms with E-state index in [1.54, 1.807) is 11.0 Å². The van der Waals surface area contributed by atoms with Gasteiger partial charge in [0.05, 0.1) is 12.6 Å². The number of rotatable bonds is 2. The number of ether oxygens (including phenoxy) is 1. The first kappa shape index (κ1) is 15.0. The number of urea groups is 1. The van der Waals surface area contributed by atoms with E-state index in [0.29, 0.717) is 13.1 Å². The molecular weight excluding hydrogens is 308 g/mol. The average molecular weight is 326 g/mol. The Morgan fingerprint density at radius 3 is 3.14 bits per heavy atom. The van der Waals surface area contributed by atoms with Crippen LogP contribution in [-0.2, 0) is 10.0 Å². The molecule has 2 aliphatic rings. The van der Waals surface area contributed by atoms with Gasteiger partial charge in [-0.25, -0.2) is 22.9 Å². The predicted molar refractivity (Wildman–Crippen MR) is 78.0 cm³/mol. The number of hydrogen-bond donors (Lipinski definition) is 2. The summed E-state index contributed by atoms with van der Waals surface area (Å²) >= 11 is 0. The molecule has 2 amide bonds. The van der Waals surface area contributed by atoms with Crippen LogP contribution in [0.5, 0.6) is 5.88 Å². The summed E-state index contributed by atoms with van der Waals surface area (Å²) in [6.07, 6.45) is 1.88. The van der Waals surface area contributed by atoms with Crippen LogP contribution in [-0.4, -0.2) is 56.1 Å². The Labute approximate surface area is 128 Å². The minimum absolute atomic E-state index is 0.0337. The van der Waals surface area contributed by atoms with Crippen molar-refractivity contribution in [3.05, 3.63) is 18.3 Å². The number of fused-ring (bicyclic) bond motifs is 2. The lowest BCUT2D eigenvalue weighted by atomic mass is 10.2. The molecule has 9 heteroatoms. The number of pyridine rings is 1. The van der Waals surface area contributed by atoms with Crippen molar-refractivity contribution in [2.45, 2.75) is 30.4 Å². The Morgan fingerprint density at radius 2 is 2.36 bits per heavy atom. The summed E-state index contributed by atoms with van der Waals surface area (Å²) in [6, 6.07) is 2.32. The second-order valence-corrected chi connectivity index (χ2v) is 7.01. The number of nitrogens with one attached hydrogen (secondary N) is 2. The van der Waals surface area contributed by atoms with E-state index in [1.807, 2.05) is 6.92 Å². The smallest absolute Gasteiger partial charge is 0.317 e. The Morgan fingerprint density at radius 1 is 1.55 bits per heavy atom. The third-order valence-corrected chi connectivity index (χ3v) is 5.18. The summed E-state index contributed by atoms with van der Waals surface area (Å²) in [4.78, 5) is 17.6. The van der Waals surface area contributed by atoms with Crippen molar-refractivity contribution in [3.63, 3.8) is 0 Å². The zero-order valence-corrected chi connectivity index (χ0v) is 13.0. The van der Waals surface area contributed by atoms with Crippen molar-refractivity contribution in [1.29, 1.82) is 0 Å². The van der Waals surface area contributed by atoms with Crippen LogP contribution in [0.1, 0.15) is 13.3 Å². The van der Waals surface area contributed by atoms with Gasteiger partial charge in [0, 0.05) is 19.3 Å². The maximum absolute atomic E-state index is 12.3. The Bertz CT molecular complexity index is 678. The zero-order valence-electron chi connectivity index (χ0n) is 12.2. The fraction of sp³-hybridized carbons (Fsp3) is 0.538. The van der Waals surface area contributed by atoms with Crippen LogP contribution in [0.2, 0.25) is 0 Å². The van der Waals surface area contributed by atoms with Gasteiger partial charge in [0.25, 0.3) is 0 Å². The lowest BCUT2D eigenvalue weighted by Crippen LogP contribution is -2.43. The number of hydrogen-bond acceptors (Lipinski definition) is 5. The van der Waals surface area contributed by atoms with E-state index in [9.17, 15) is 13.2 Å². The predicted octanol–water partition coefficient (Wildman–Crippen LogP) is -0.0753. The van der Waals surface area contributed by atoms with Gasteiger partial charge in [-0.2, -0.15) is 0 Å². The van der Waals surface area contributed by atoms with E-state index in [2.05, 4.69) is 15.0 Å². The van der Waals surface area contributed by atoms with Crippen LogP contribution in [0.4, 0.5) is 4.79 Å². The molecule has 2 aliphatic heterocycles. The van der Waals surface area contributed by atoms with Crippen molar-refractivity contribution < 1.29 is 17.9 Å². The molecule has 0 spiro atoms. The zero-order chi connectivity index (χ0) is 15.7. The highest BCUT2D eigenvalue weighted by atomic mass is 32.2. The van der Waals surface area contributed by atoms with Crippen molar-refractivity contribution >= 4 is 16.1 Å². The molecule has 22 heavy (non-hydrogen) atoms. The highest BCUT2D eigenvalue weighted by Gasteiger charge is 2.43. The second-order valence-electron chi connectivity index (χ2n) is 5.33. The van der Waals surface area contributed by atoms with E-state index in [1.165, 1.54) is 12.3 Å². The third kappa shape index (κ3) is 2.73. The first-order valence-electron chi connectivity index (χ1n) is 7.18. The SMILES string of the molecule is CCCNC(=O)N1C[C@@H]2Oc3ncccc3S(=O)(=O)N[C@@H]2C1. The molecule has 120 valence electrons. The summed E-state index contributed by atoms with van der Waals surface area (Å²) in [6.45, 7) is 3.14. The summed E-state index contributed by atoms with van der Waals surface area (Å²) in [7, 11) is -3.69. The molecule has 3 heterocycles. The third-order valence-electron chi connectivity index (χ3n) is 3.67. The van der Waals surface area contributed by atoms with E-state index in [-0.39, 0.29) is 23.4 Å². The standard InChI is InChI=1S/C13H18N4O4S/c1-2-5-15-13(18)17-7-9-10(8-17)21-12-11(4-3-6-14-12)22(19,20)16-9/h3-4,6,9-10,16H,2,5,7-8H2,1H3,(H,15,18)/t9-,10+/m1/s1. The molecule has 1 aromatic heterocycles. The summed E-state index contributed by atoms with van der Waals surface area (Å²) in [5.74, 6) is 0.0818. The molecule has 0 aromatic carbocycles. The minimum atomic E-state index is -3.69. The van der Waals surface area contributed by atoms with Crippen molar-refractivity contribution in [3.8, 4) is 5.88 Å². The van der Waals surface area contributed by atoms with Gasteiger partial charge in [-0.15, -0.1) is 0 Å². The van der Waals surface area contributed by atoms with Gasteiger partial charge >= 0.3 is 6.03 Å². The maximum atomic E-state index is 12.3. The van der Waals surface area contributed by atoms with E-state index in [4.69, 9.17) is 4.74 Å². The highest BCUT2D eigenvalue weighted by Crippen LogP contribution is 2.28. The second kappa shape index (κ2) is 5.73. The molecular formula is C13H18N4O4S. The molecule has 1 saturated heterocycles. The monoisotopic (exact) mass is 326 g/mol. The fourth-order valence-electron chi connectivity index (χ4n) is 2.59. The number of aromatic nitrogens is 1. The van der Waals surface area contributed by atoms with E-state index < -0.39 is 22.2 Å². The Kier molecular flexibility index (Phi) is 3.92. The van der Waals surface area contributed by atoms with Gasteiger partial charge in [-0.1, -0.05) is 6.92 Å². The molecule has 0 aliphatic carbocycles. The maximum Gasteiger partial charge on any atom is 0.317 e. The number of likely N-dealkylation sites (tertiary alicyclic amines) is 1. The Hall–Kier alpha value is -1.87. The average Bonchev–Trinajstić information content (AvgIpc) is 2.83. The number of amides is 2. The van der Waals surface area contributed by atoms with Gasteiger partial charge in [0.2, 0.25) is 15.9 Å². The number of carbonyl (C=O) groups is 1. The summed E-state index contributed by atoms with van der Waals surface area (Å²) < 4.78 is 33.0. The number of sulfonamides is 1. The largest absolute Gasteiger partial charge is 0.470 e. The van der Waals surface area contributed by atoms with Crippen LogP contribution in [0.15, 0.2) is 23.2 Å². The summed E-state index contributed by atoms with van der Waals surface area (Å²) in [5.41, 5.74) is 0. The van der Waals surface area contributed by atoms with Crippen molar-refractivity contribution in [1.82, 2.24) is 19.9 Å². The molecule has 3 rings (SSSR count). The van der Waals surface area contributed by atoms with Crippen LogP contribution >= 0.6 is 0 Å². The van der Waals surface area contributed by atoms with Gasteiger partial charge in [0.15, 0.2) is 0 Å². The van der Waals surface area contributed by atoms with Gasteiger partial charge in [-0.3, -0.25) is 0 Å². The normalized spacial score (nSPS) is 25.6. The van der Waals surface area contributed by atoms with E-state index in [0.717, 1.165) is 6.42 Å². The highest BCUT2D eigenvalue weighted by molar-refractivity contribution is 7.89. The van der Waals surface area contributed by atoms with Crippen molar-refractivity contribution in [2.75, 3.05) is 19.6 Å². The number of carbonyl (C=O) groups excluding carboxylic acids is 1. The lowest BCUT2D eigenvalue weighted by Gasteiger charge is -2.17. The first-order valence-corrected chi connectivity index (χ1v) is 8.66. The van der Waals surface area contributed by atoms with Crippen LogP contribution in [0.25, 0.3) is 0 Å². The van der Waals surface area contributed by atoms with E-state index >= 15 is 0 Å². The Balaban J connectivity index is 1.81. The molecule has 0 unspecified atom stereocenters. The topological polar surface area (TPSA) is 101 Å². The molecule has 8 nitrogen and oxygen atoms in total. The molecule has 0 bridgehead atoms. The molecule has 0 radical (unpaired) electrons. The lowest BCUT2D eigenvalue weighted by molar-refractivity contribution is 0.174. The number of nitrogens with zero attached hydrogens (tertiary/aromatic N) is 2. The first-order chi connectivity index (χ1) is 10.5. The molecule has 1 fully saturated rings. The van der Waals surface area contributed by atoms with Gasteiger partial charge in [0.1, 0.15) is 11.0 Å². The van der Waals surface area contributed by atoms with Crippen LogP contribution in [0.3, 0.4) is 0 Å². The van der Waals surface area contributed by atoms with Gasteiger partial charge < -0.3 is 15.0 Å². The summed E-state index contributed by atoms with van der Waals surface area (Å²) in [5, 5.41) is 2.78. The molecule has 0 saturated carbocycles. The van der Waals surface area contributed by atoms with Crippen LogP contribution < -0.4 is 14.8 Å². The molecule has 2 N–H and O–H groups in total. The minimum Gasteiger partial charge on any atom is -0.470 e. The van der Waals surface area contributed by atoms with Crippen molar-refractivity contribution in [2.24, 2.45) is 0 Å². The molecule has 2 atom stereocenters. The fourth-order valence-corrected chi connectivity index (χ4v) is 3.93.